The molecule has 5 N–H and O–H groups in total. The van der Waals surface area contributed by atoms with Crippen molar-refractivity contribution in [2.24, 2.45) is 5.73 Å². The van der Waals surface area contributed by atoms with Crippen molar-refractivity contribution in [2.45, 2.75) is 31.7 Å². The van der Waals surface area contributed by atoms with Crippen molar-refractivity contribution in [2.75, 3.05) is 11.1 Å². The minimum absolute atomic E-state index is 0.0600. The van der Waals surface area contributed by atoms with Crippen molar-refractivity contribution in [3.8, 4) is 0 Å². The largest absolute Gasteiger partial charge is 0.383 e. The maximum absolute atomic E-state index is 13.8. The lowest BCUT2D eigenvalue weighted by Gasteiger charge is -2.24. The number of carbonyl (C=O) groups is 2. The van der Waals surface area contributed by atoms with Crippen LogP contribution in [0.15, 0.2) is 49.1 Å². The molecule has 0 aliphatic heterocycles. The van der Waals surface area contributed by atoms with E-state index in [9.17, 15) is 14.0 Å². The van der Waals surface area contributed by atoms with E-state index in [1.54, 1.807) is 0 Å². The van der Waals surface area contributed by atoms with Crippen molar-refractivity contribution >= 4 is 34.9 Å². The second kappa shape index (κ2) is 9.07. The summed E-state index contributed by atoms with van der Waals surface area (Å²) in [6, 6.07) is 9.79. The van der Waals surface area contributed by atoms with Gasteiger partial charge in [0.15, 0.2) is 0 Å². The van der Waals surface area contributed by atoms with Gasteiger partial charge in [0.05, 0.1) is 12.2 Å². The molecule has 1 atom stereocenters. The van der Waals surface area contributed by atoms with Crippen LogP contribution < -0.4 is 16.8 Å². The first-order valence-corrected chi connectivity index (χ1v) is 10.8. The van der Waals surface area contributed by atoms with Gasteiger partial charge in [-0.25, -0.2) is 9.07 Å². The molecule has 0 fully saturated rings. The molecule has 2 amide bonds. The zero-order valence-electron chi connectivity index (χ0n) is 17.8. The Balaban J connectivity index is 1.70. The van der Waals surface area contributed by atoms with E-state index in [1.807, 2.05) is 18.2 Å². The number of rotatable bonds is 6. The molecule has 0 saturated carbocycles. The molecular formula is C24H23ClFN5O2. The molecule has 7 nitrogen and oxygen atoms in total. The third-order valence-electron chi connectivity index (χ3n) is 5.91. The fourth-order valence-electron chi connectivity index (χ4n) is 4.29. The van der Waals surface area contributed by atoms with E-state index in [0.29, 0.717) is 17.7 Å². The molecule has 0 radical (unpaired) electrons. The summed E-state index contributed by atoms with van der Waals surface area (Å²) in [5.41, 5.74) is 15.7. The molecule has 4 rings (SSSR count). The Morgan fingerprint density at radius 1 is 1.33 bits per heavy atom. The number of anilines is 2. The van der Waals surface area contributed by atoms with Gasteiger partial charge in [0.25, 0.3) is 5.91 Å². The van der Waals surface area contributed by atoms with E-state index in [2.05, 4.69) is 17.0 Å². The number of primary amides is 1. The van der Waals surface area contributed by atoms with Crippen molar-refractivity contribution in [1.29, 1.82) is 0 Å². The van der Waals surface area contributed by atoms with Crippen LogP contribution in [-0.2, 0) is 24.2 Å². The molecule has 3 aromatic rings. The Labute approximate surface area is 195 Å². The average molecular weight is 468 g/mol. The molecule has 0 saturated heterocycles. The number of hydrogen-bond donors (Lipinski definition) is 3. The molecule has 1 aliphatic rings. The summed E-state index contributed by atoms with van der Waals surface area (Å²) in [6.07, 6.45) is 3.24. The van der Waals surface area contributed by atoms with Crippen LogP contribution in [0.1, 0.15) is 45.1 Å². The van der Waals surface area contributed by atoms with Gasteiger partial charge in [-0.2, -0.15) is 5.10 Å². The SMILES string of the molecule is C=CC(=O)Nc1cc(F)ccc1Cn1nc(C2CCc3c(Cl)cccc3C2)c(C(N)=O)c1N. The second-order valence-corrected chi connectivity index (χ2v) is 8.39. The van der Waals surface area contributed by atoms with Gasteiger partial charge in [-0.1, -0.05) is 36.4 Å². The number of nitrogens with zero attached hydrogens (tertiary/aromatic N) is 2. The van der Waals surface area contributed by atoms with Crippen LogP contribution in [0, 0.1) is 5.82 Å². The van der Waals surface area contributed by atoms with Gasteiger partial charge < -0.3 is 16.8 Å². The minimum atomic E-state index is -0.662. The standard InChI is InChI=1S/C24H23ClFN5O2/c1-2-20(32)29-19-11-16(26)8-6-15(19)12-31-23(27)21(24(28)33)22(30-31)14-7-9-17-13(10-14)4-3-5-18(17)25/h2-6,8,11,14H,1,7,9-10,12,27H2,(H2,28,33)(H,29,32). The number of nitrogen functional groups attached to an aromatic ring is 1. The lowest BCUT2D eigenvalue weighted by Crippen LogP contribution is -2.19. The first-order valence-electron chi connectivity index (χ1n) is 10.4. The first kappa shape index (κ1) is 22.5. The van der Waals surface area contributed by atoms with Crippen LogP contribution in [0.3, 0.4) is 0 Å². The number of hydrogen-bond acceptors (Lipinski definition) is 4. The van der Waals surface area contributed by atoms with Crippen LogP contribution in [0.2, 0.25) is 5.02 Å². The van der Waals surface area contributed by atoms with Crippen molar-refractivity contribution in [3.05, 3.63) is 87.8 Å². The number of benzene rings is 2. The summed E-state index contributed by atoms with van der Waals surface area (Å²) >= 11 is 6.33. The Morgan fingerprint density at radius 2 is 2.12 bits per heavy atom. The van der Waals surface area contributed by atoms with Gasteiger partial charge in [0.1, 0.15) is 17.2 Å². The molecule has 33 heavy (non-hydrogen) atoms. The van der Waals surface area contributed by atoms with Crippen molar-refractivity contribution in [3.63, 3.8) is 0 Å². The van der Waals surface area contributed by atoms with E-state index < -0.39 is 17.6 Å². The molecule has 170 valence electrons. The van der Waals surface area contributed by atoms with Gasteiger partial charge in [-0.15, -0.1) is 0 Å². The Morgan fingerprint density at radius 3 is 2.85 bits per heavy atom. The number of amides is 2. The fourth-order valence-corrected chi connectivity index (χ4v) is 4.58. The monoisotopic (exact) mass is 467 g/mol. The van der Waals surface area contributed by atoms with E-state index >= 15 is 0 Å². The predicted molar refractivity (Wildman–Crippen MR) is 126 cm³/mol. The average Bonchev–Trinajstić information content (AvgIpc) is 3.11. The van der Waals surface area contributed by atoms with Gasteiger partial charge >= 0.3 is 0 Å². The van der Waals surface area contributed by atoms with Crippen LogP contribution in [0.4, 0.5) is 15.9 Å². The van der Waals surface area contributed by atoms with Gasteiger partial charge in [0.2, 0.25) is 5.91 Å². The Hall–Kier alpha value is -3.65. The number of fused-ring (bicyclic) bond motifs is 1. The van der Waals surface area contributed by atoms with Gasteiger partial charge in [-0.05, 0) is 60.2 Å². The van der Waals surface area contributed by atoms with Crippen LogP contribution in [-0.4, -0.2) is 21.6 Å². The van der Waals surface area contributed by atoms with Crippen LogP contribution >= 0.6 is 11.6 Å². The quantitative estimate of drug-likeness (QED) is 0.478. The number of aromatic nitrogens is 2. The lowest BCUT2D eigenvalue weighted by atomic mass is 9.81. The Kier molecular flexibility index (Phi) is 6.20. The predicted octanol–water partition coefficient (Wildman–Crippen LogP) is 3.80. The maximum atomic E-state index is 13.8. The summed E-state index contributed by atoms with van der Waals surface area (Å²) < 4.78 is 15.2. The van der Waals surface area contributed by atoms with Gasteiger partial charge in [-0.3, -0.25) is 9.59 Å². The van der Waals surface area contributed by atoms with E-state index in [1.165, 1.54) is 22.9 Å². The smallest absolute Gasteiger partial charge is 0.254 e. The molecule has 0 bridgehead atoms. The molecule has 1 aliphatic carbocycles. The summed E-state index contributed by atoms with van der Waals surface area (Å²) in [4.78, 5) is 24.1. The summed E-state index contributed by atoms with van der Waals surface area (Å²) in [6.45, 7) is 3.52. The Bertz CT molecular complexity index is 1270. The van der Waals surface area contributed by atoms with E-state index in [4.69, 9.17) is 23.1 Å². The third-order valence-corrected chi connectivity index (χ3v) is 6.27. The highest BCUT2D eigenvalue weighted by molar-refractivity contribution is 6.31. The summed E-state index contributed by atoms with van der Waals surface area (Å²) in [7, 11) is 0. The van der Waals surface area contributed by atoms with Gasteiger partial charge in [0, 0.05) is 16.6 Å². The maximum Gasteiger partial charge on any atom is 0.254 e. The number of carbonyl (C=O) groups excluding carboxylic acids is 2. The molecule has 1 heterocycles. The molecule has 2 aromatic carbocycles. The topological polar surface area (TPSA) is 116 Å². The summed E-state index contributed by atoms with van der Waals surface area (Å²) in [5.74, 6) is -1.59. The molecule has 0 spiro atoms. The third kappa shape index (κ3) is 4.47. The highest BCUT2D eigenvalue weighted by Gasteiger charge is 2.30. The zero-order chi connectivity index (χ0) is 23.7. The molecule has 1 aromatic heterocycles. The number of halogens is 2. The zero-order valence-corrected chi connectivity index (χ0v) is 18.5. The number of nitrogens with one attached hydrogen (secondary N) is 1. The molecular weight excluding hydrogens is 445 g/mol. The highest BCUT2D eigenvalue weighted by atomic mass is 35.5. The number of nitrogens with two attached hydrogens (primary N) is 2. The normalized spacial score (nSPS) is 15.0. The van der Waals surface area contributed by atoms with Crippen molar-refractivity contribution < 1.29 is 14.0 Å². The molecule has 1 unspecified atom stereocenters. The first-order chi connectivity index (χ1) is 15.8. The highest BCUT2D eigenvalue weighted by Crippen LogP contribution is 2.37. The van der Waals surface area contributed by atoms with Crippen LogP contribution in [0.25, 0.3) is 0 Å². The fraction of sp³-hybridized carbons (Fsp3) is 0.208. The minimum Gasteiger partial charge on any atom is -0.383 e. The van der Waals surface area contributed by atoms with E-state index in [0.717, 1.165) is 35.1 Å². The second-order valence-electron chi connectivity index (χ2n) is 7.98. The van der Waals surface area contributed by atoms with E-state index in [-0.39, 0.29) is 29.5 Å². The summed E-state index contributed by atoms with van der Waals surface area (Å²) in [5, 5.41) is 7.95. The van der Waals surface area contributed by atoms with Crippen molar-refractivity contribution in [1.82, 2.24) is 9.78 Å². The van der Waals surface area contributed by atoms with Crippen LogP contribution in [0.5, 0.6) is 0 Å². The molecule has 9 heteroatoms. The lowest BCUT2D eigenvalue weighted by molar-refractivity contribution is -0.111.